The Bertz CT molecular complexity index is 1010. The number of ether oxygens (including phenoxy) is 2. The van der Waals surface area contributed by atoms with Crippen LogP contribution in [0.4, 0.5) is 5.69 Å². The van der Waals surface area contributed by atoms with Crippen molar-refractivity contribution in [3.8, 4) is 5.75 Å². The highest BCUT2D eigenvalue weighted by atomic mass is 32.2. The third kappa shape index (κ3) is 3.92. The summed E-state index contributed by atoms with van der Waals surface area (Å²) in [5, 5.41) is 0. The summed E-state index contributed by atoms with van der Waals surface area (Å²) in [4.78, 5) is 14.9. The highest BCUT2D eigenvalue weighted by molar-refractivity contribution is 7.98. The molecule has 32 heavy (non-hydrogen) atoms. The van der Waals surface area contributed by atoms with Gasteiger partial charge >= 0.3 is 5.97 Å². The normalized spacial score (nSPS) is 28.4. The minimum Gasteiger partial charge on any atom is -0.466 e. The number of thioether (sulfide) groups is 1. The predicted octanol–water partition coefficient (Wildman–Crippen LogP) is 4.03. The fourth-order valence-corrected chi connectivity index (χ4v) is 7.23. The molecule has 0 saturated heterocycles. The standard InChI is InChI=1S/C23H32N2O5S2/c1-5-6-7-17-15-25(23-12-16(13-23)14-23)18-10-20(31-4)19(30-9-8-22(26)29-3)11-21(18)32(27,28)24(17)2/h8-11,16-17H,5-7,12-15H2,1-4H3/b9-8+/t16?,17-,23?/m1/s1. The number of benzene rings is 1. The molecule has 1 aromatic rings. The lowest BCUT2D eigenvalue weighted by molar-refractivity contribution is -0.134. The largest absolute Gasteiger partial charge is 0.466 e. The molecule has 1 aromatic carbocycles. The van der Waals surface area contributed by atoms with Crippen LogP contribution in [0.15, 0.2) is 34.3 Å². The molecule has 1 heterocycles. The number of rotatable bonds is 8. The average molecular weight is 481 g/mol. The molecule has 3 aliphatic carbocycles. The Morgan fingerprint density at radius 1 is 1.31 bits per heavy atom. The third-order valence-electron chi connectivity index (χ3n) is 7.17. The van der Waals surface area contributed by atoms with Crippen LogP contribution in [0, 0.1) is 5.92 Å². The van der Waals surface area contributed by atoms with Gasteiger partial charge in [0.15, 0.2) is 0 Å². The van der Waals surface area contributed by atoms with Gasteiger partial charge in [0.05, 0.1) is 30.0 Å². The molecule has 5 rings (SSSR count). The molecule has 176 valence electrons. The van der Waals surface area contributed by atoms with Crippen LogP contribution in [0.2, 0.25) is 0 Å². The number of carbonyl (C=O) groups excluding carboxylic acids is 1. The maximum atomic E-state index is 13.7. The zero-order chi connectivity index (χ0) is 23.1. The van der Waals surface area contributed by atoms with Gasteiger partial charge < -0.3 is 14.4 Å². The monoisotopic (exact) mass is 480 g/mol. The molecule has 2 bridgehead atoms. The Morgan fingerprint density at radius 3 is 2.59 bits per heavy atom. The summed E-state index contributed by atoms with van der Waals surface area (Å²) in [5.74, 6) is 0.667. The molecule has 0 N–H and O–H groups in total. The molecule has 9 heteroatoms. The predicted molar refractivity (Wildman–Crippen MR) is 126 cm³/mol. The van der Waals surface area contributed by atoms with Crippen LogP contribution in [-0.4, -0.2) is 57.2 Å². The van der Waals surface area contributed by atoms with Gasteiger partial charge in [0.2, 0.25) is 10.0 Å². The molecule has 3 saturated carbocycles. The minimum atomic E-state index is -3.70. The van der Waals surface area contributed by atoms with Crippen molar-refractivity contribution in [2.75, 3.05) is 31.9 Å². The van der Waals surface area contributed by atoms with Gasteiger partial charge in [0, 0.05) is 31.2 Å². The molecule has 1 atom stereocenters. The van der Waals surface area contributed by atoms with E-state index < -0.39 is 16.0 Å². The van der Waals surface area contributed by atoms with E-state index in [9.17, 15) is 13.2 Å². The van der Waals surface area contributed by atoms with Gasteiger partial charge in [0.25, 0.3) is 0 Å². The molecule has 7 nitrogen and oxygen atoms in total. The number of methoxy groups -OCH3 is 1. The minimum absolute atomic E-state index is 0.0670. The van der Waals surface area contributed by atoms with Crippen LogP contribution >= 0.6 is 11.8 Å². The summed E-state index contributed by atoms with van der Waals surface area (Å²) in [7, 11) is -0.713. The topological polar surface area (TPSA) is 76.1 Å². The molecule has 0 amide bonds. The van der Waals surface area contributed by atoms with Crippen molar-refractivity contribution < 1.29 is 22.7 Å². The van der Waals surface area contributed by atoms with Crippen LogP contribution < -0.4 is 9.64 Å². The summed E-state index contributed by atoms with van der Waals surface area (Å²) in [6.45, 7) is 2.85. The Morgan fingerprint density at radius 2 is 2.03 bits per heavy atom. The van der Waals surface area contributed by atoms with Gasteiger partial charge in [-0.1, -0.05) is 19.8 Å². The molecular weight excluding hydrogens is 448 g/mol. The van der Waals surface area contributed by atoms with Gasteiger partial charge in [0.1, 0.15) is 10.6 Å². The molecule has 3 fully saturated rings. The van der Waals surface area contributed by atoms with Gasteiger partial charge in [-0.3, -0.25) is 0 Å². The van der Waals surface area contributed by atoms with Crippen LogP contribution in [0.5, 0.6) is 5.75 Å². The molecule has 0 radical (unpaired) electrons. The van der Waals surface area contributed by atoms with E-state index >= 15 is 0 Å². The number of anilines is 1. The highest BCUT2D eigenvalue weighted by Crippen LogP contribution is 2.62. The van der Waals surface area contributed by atoms with E-state index in [4.69, 9.17) is 4.74 Å². The van der Waals surface area contributed by atoms with E-state index in [1.54, 1.807) is 17.4 Å². The molecule has 0 spiro atoms. The zero-order valence-electron chi connectivity index (χ0n) is 19.2. The summed E-state index contributed by atoms with van der Waals surface area (Å²) in [6.07, 6.45) is 10.7. The van der Waals surface area contributed by atoms with Crippen LogP contribution in [0.1, 0.15) is 45.4 Å². The maximum absolute atomic E-state index is 13.7. The van der Waals surface area contributed by atoms with Crippen molar-refractivity contribution in [1.29, 1.82) is 0 Å². The first-order valence-electron chi connectivity index (χ1n) is 11.1. The Hall–Kier alpha value is -1.71. The van der Waals surface area contributed by atoms with Crippen LogP contribution in [-0.2, 0) is 19.6 Å². The molecule has 0 aromatic heterocycles. The van der Waals surface area contributed by atoms with Crippen LogP contribution in [0.3, 0.4) is 0 Å². The fourth-order valence-electron chi connectivity index (χ4n) is 5.13. The summed E-state index contributed by atoms with van der Waals surface area (Å²) >= 11 is 1.50. The molecule has 1 aliphatic heterocycles. The van der Waals surface area contributed by atoms with E-state index in [0.29, 0.717) is 12.3 Å². The van der Waals surface area contributed by atoms with Crippen molar-refractivity contribution in [3.05, 3.63) is 24.5 Å². The average Bonchev–Trinajstić information content (AvgIpc) is 2.78. The molecule has 4 aliphatic rings. The maximum Gasteiger partial charge on any atom is 0.333 e. The number of fused-ring (bicyclic) bond motifs is 1. The van der Waals surface area contributed by atoms with E-state index in [1.807, 2.05) is 12.3 Å². The fraction of sp³-hybridized carbons (Fsp3) is 0.609. The number of hydrogen-bond donors (Lipinski definition) is 0. The Kier molecular flexibility index (Phi) is 6.53. The summed E-state index contributed by atoms with van der Waals surface area (Å²) < 4.78 is 39.3. The second-order valence-electron chi connectivity index (χ2n) is 9.05. The second kappa shape index (κ2) is 8.91. The Labute approximate surface area is 195 Å². The quantitative estimate of drug-likeness (QED) is 0.241. The third-order valence-corrected chi connectivity index (χ3v) is 9.87. The lowest BCUT2D eigenvalue weighted by atomic mass is 9.49. The van der Waals surface area contributed by atoms with Crippen molar-refractivity contribution >= 4 is 33.4 Å². The summed E-state index contributed by atoms with van der Waals surface area (Å²) in [6, 6.07) is 3.51. The lowest BCUT2D eigenvalue weighted by Crippen LogP contribution is -2.69. The first-order valence-corrected chi connectivity index (χ1v) is 13.8. The number of sulfonamides is 1. The van der Waals surface area contributed by atoms with Crippen molar-refractivity contribution in [1.82, 2.24) is 4.31 Å². The van der Waals surface area contributed by atoms with Crippen molar-refractivity contribution in [3.63, 3.8) is 0 Å². The molecule has 0 unspecified atom stereocenters. The van der Waals surface area contributed by atoms with Crippen LogP contribution in [0.25, 0.3) is 0 Å². The zero-order valence-corrected chi connectivity index (χ0v) is 20.8. The number of carbonyl (C=O) groups is 1. The number of hydrogen-bond acceptors (Lipinski definition) is 7. The van der Waals surface area contributed by atoms with Gasteiger partial charge in [-0.15, -0.1) is 11.8 Å². The van der Waals surface area contributed by atoms with Gasteiger partial charge in [-0.05, 0) is 43.9 Å². The lowest BCUT2D eigenvalue weighted by Gasteiger charge is -2.67. The number of nitrogens with zero attached hydrogens (tertiary/aromatic N) is 2. The second-order valence-corrected chi connectivity index (χ2v) is 11.9. The first-order chi connectivity index (χ1) is 15.3. The SMILES string of the molecule is CCCC[C@@H]1CN(C23CC(C2)C3)c2cc(SC)c(O/C=C/C(=O)OC)cc2S(=O)(=O)N1C. The van der Waals surface area contributed by atoms with E-state index in [0.717, 1.165) is 55.0 Å². The highest BCUT2D eigenvalue weighted by Gasteiger charge is 2.61. The number of unbranched alkanes of at least 4 members (excludes halogenated alkanes) is 1. The van der Waals surface area contributed by atoms with Gasteiger partial charge in [-0.25, -0.2) is 13.2 Å². The van der Waals surface area contributed by atoms with E-state index in [2.05, 4.69) is 16.6 Å². The summed E-state index contributed by atoms with van der Waals surface area (Å²) in [5.41, 5.74) is 0.871. The number of likely N-dealkylation sites (N-methyl/N-ethyl adjacent to an activating group) is 1. The van der Waals surface area contributed by atoms with Crippen molar-refractivity contribution in [2.45, 2.75) is 66.8 Å². The Balaban J connectivity index is 1.79. The molecular formula is C23H32N2O5S2. The number of esters is 1. The van der Waals surface area contributed by atoms with E-state index in [1.165, 1.54) is 31.2 Å². The smallest absolute Gasteiger partial charge is 0.333 e. The van der Waals surface area contributed by atoms with Crippen molar-refractivity contribution in [2.24, 2.45) is 5.92 Å². The van der Waals surface area contributed by atoms with Gasteiger partial charge in [-0.2, -0.15) is 4.31 Å². The van der Waals surface area contributed by atoms with E-state index in [-0.39, 0.29) is 16.5 Å². The first kappa shape index (κ1) is 23.4.